The van der Waals surface area contributed by atoms with Gasteiger partial charge < -0.3 is 24.8 Å². The molecule has 0 amide bonds. The zero-order valence-electron chi connectivity index (χ0n) is 11.9. The number of nitrogens with one attached hydrogen (secondary N) is 2. The zero-order valence-corrected chi connectivity index (χ0v) is 11.9. The Bertz CT molecular complexity index is 463. The van der Waals surface area contributed by atoms with Crippen LogP contribution in [-0.2, 0) is 0 Å². The van der Waals surface area contributed by atoms with E-state index in [1.54, 1.807) is 7.05 Å². The molecule has 1 aromatic rings. The van der Waals surface area contributed by atoms with Gasteiger partial charge in [0.05, 0.1) is 6.54 Å². The molecule has 20 heavy (non-hydrogen) atoms. The van der Waals surface area contributed by atoms with Crippen molar-refractivity contribution in [3.8, 4) is 17.2 Å². The van der Waals surface area contributed by atoms with Gasteiger partial charge in [0.2, 0.25) is 6.79 Å². The minimum atomic E-state index is 0.278. The number of benzene rings is 1. The number of hydrogen-bond acceptors (Lipinski definition) is 4. The monoisotopic (exact) mass is 279 g/mol. The molecule has 2 rings (SSSR count). The van der Waals surface area contributed by atoms with Crippen molar-refractivity contribution in [1.82, 2.24) is 10.6 Å². The van der Waals surface area contributed by atoms with Gasteiger partial charge in [-0.25, -0.2) is 0 Å². The second-order valence-electron chi connectivity index (χ2n) is 4.29. The van der Waals surface area contributed by atoms with Crippen LogP contribution in [0.25, 0.3) is 0 Å². The van der Waals surface area contributed by atoms with Crippen LogP contribution < -0.4 is 24.8 Å². The standard InChI is InChI=1S/C14H21N3O3/c1-3-6-16-14(15-2)17-7-8-18-11-4-5-12-13(9-11)20-10-19-12/h4-5,9H,3,6-8,10H2,1-2H3,(H2,15,16,17). The molecule has 1 aliphatic heterocycles. The van der Waals surface area contributed by atoms with Crippen molar-refractivity contribution in [2.45, 2.75) is 13.3 Å². The van der Waals surface area contributed by atoms with Gasteiger partial charge in [-0.3, -0.25) is 4.99 Å². The van der Waals surface area contributed by atoms with Gasteiger partial charge in [-0.2, -0.15) is 0 Å². The van der Waals surface area contributed by atoms with Crippen molar-refractivity contribution in [3.05, 3.63) is 18.2 Å². The molecule has 0 unspecified atom stereocenters. The van der Waals surface area contributed by atoms with Gasteiger partial charge >= 0.3 is 0 Å². The van der Waals surface area contributed by atoms with Crippen LogP contribution >= 0.6 is 0 Å². The molecule has 0 spiro atoms. The second kappa shape index (κ2) is 7.47. The van der Waals surface area contributed by atoms with Crippen molar-refractivity contribution in [2.75, 3.05) is 33.5 Å². The Morgan fingerprint density at radius 3 is 2.85 bits per heavy atom. The SMILES string of the molecule is CCCNC(=NC)NCCOc1ccc2c(c1)OCO2. The first kappa shape index (κ1) is 14.3. The van der Waals surface area contributed by atoms with Crippen molar-refractivity contribution in [2.24, 2.45) is 4.99 Å². The minimum Gasteiger partial charge on any atom is -0.492 e. The largest absolute Gasteiger partial charge is 0.492 e. The maximum absolute atomic E-state index is 5.65. The Morgan fingerprint density at radius 1 is 1.25 bits per heavy atom. The number of aliphatic imine (C=N–C) groups is 1. The number of fused-ring (bicyclic) bond motifs is 1. The summed E-state index contributed by atoms with van der Waals surface area (Å²) in [4.78, 5) is 4.12. The summed E-state index contributed by atoms with van der Waals surface area (Å²) in [5, 5.41) is 6.38. The van der Waals surface area contributed by atoms with Gasteiger partial charge in [0.1, 0.15) is 12.4 Å². The van der Waals surface area contributed by atoms with Gasteiger partial charge in [-0.15, -0.1) is 0 Å². The molecule has 0 aromatic heterocycles. The first-order valence-corrected chi connectivity index (χ1v) is 6.80. The molecule has 2 N–H and O–H groups in total. The molecule has 0 aliphatic carbocycles. The van der Waals surface area contributed by atoms with Gasteiger partial charge in [0, 0.05) is 19.7 Å². The lowest BCUT2D eigenvalue weighted by Crippen LogP contribution is -2.39. The number of ether oxygens (including phenoxy) is 3. The molecule has 0 bridgehead atoms. The molecule has 1 aromatic carbocycles. The Kier molecular flexibility index (Phi) is 5.34. The van der Waals surface area contributed by atoms with Crippen LogP contribution in [0.2, 0.25) is 0 Å². The van der Waals surface area contributed by atoms with Crippen molar-refractivity contribution >= 4 is 5.96 Å². The molecule has 0 fully saturated rings. The van der Waals surface area contributed by atoms with Gasteiger partial charge in [-0.1, -0.05) is 6.92 Å². The third-order valence-electron chi connectivity index (χ3n) is 2.77. The first-order chi connectivity index (χ1) is 9.83. The average Bonchev–Trinajstić information content (AvgIpc) is 2.94. The fraction of sp³-hybridized carbons (Fsp3) is 0.500. The molecule has 0 atom stereocenters. The zero-order chi connectivity index (χ0) is 14.2. The third-order valence-corrected chi connectivity index (χ3v) is 2.77. The average molecular weight is 279 g/mol. The topological polar surface area (TPSA) is 64.1 Å². The van der Waals surface area contributed by atoms with E-state index in [9.17, 15) is 0 Å². The maximum atomic E-state index is 5.65. The van der Waals surface area contributed by atoms with E-state index in [0.717, 1.165) is 36.2 Å². The smallest absolute Gasteiger partial charge is 0.231 e. The molecule has 1 aliphatic rings. The Hall–Kier alpha value is -2.11. The predicted molar refractivity (Wildman–Crippen MR) is 77.7 cm³/mol. The summed E-state index contributed by atoms with van der Waals surface area (Å²) in [7, 11) is 1.75. The lowest BCUT2D eigenvalue weighted by atomic mass is 10.3. The Labute approximate surface area is 119 Å². The summed E-state index contributed by atoms with van der Waals surface area (Å²) in [6.07, 6.45) is 1.06. The lowest BCUT2D eigenvalue weighted by Gasteiger charge is -2.12. The van der Waals surface area contributed by atoms with E-state index >= 15 is 0 Å². The van der Waals surface area contributed by atoms with Crippen LogP contribution in [-0.4, -0.2) is 39.5 Å². The molecular weight excluding hydrogens is 258 g/mol. The van der Waals surface area contributed by atoms with E-state index < -0.39 is 0 Å². The van der Waals surface area contributed by atoms with Crippen LogP contribution in [0.15, 0.2) is 23.2 Å². The summed E-state index contributed by atoms with van der Waals surface area (Å²) in [6, 6.07) is 5.57. The van der Waals surface area contributed by atoms with E-state index in [0.29, 0.717) is 13.2 Å². The van der Waals surface area contributed by atoms with E-state index in [4.69, 9.17) is 14.2 Å². The molecule has 1 heterocycles. The highest BCUT2D eigenvalue weighted by atomic mass is 16.7. The van der Waals surface area contributed by atoms with Gasteiger partial charge in [-0.05, 0) is 18.6 Å². The van der Waals surface area contributed by atoms with Crippen LogP contribution in [0.5, 0.6) is 17.2 Å². The fourth-order valence-electron chi connectivity index (χ4n) is 1.77. The summed E-state index contributed by atoms with van der Waals surface area (Å²) in [5.41, 5.74) is 0. The van der Waals surface area contributed by atoms with E-state index in [1.165, 1.54) is 0 Å². The van der Waals surface area contributed by atoms with Crippen molar-refractivity contribution < 1.29 is 14.2 Å². The highest BCUT2D eigenvalue weighted by Crippen LogP contribution is 2.34. The second-order valence-corrected chi connectivity index (χ2v) is 4.29. The quantitative estimate of drug-likeness (QED) is 0.468. The Morgan fingerprint density at radius 2 is 2.05 bits per heavy atom. The van der Waals surface area contributed by atoms with Gasteiger partial charge in [0.25, 0.3) is 0 Å². The van der Waals surface area contributed by atoms with Gasteiger partial charge in [0.15, 0.2) is 17.5 Å². The fourth-order valence-corrected chi connectivity index (χ4v) is 1.77. The van der Waals surface area contributed by atoms with Crippen LogP contribution in [0, 0.1) is 0 Å². The molecule has 0 saturated heterocycles. The normalized spacial score (nSPS) is 13.2. The van der Waals surface area contributed by atoms with Crippen LogP contribution in [0.1, 0.15) is 13.3 Å². The first-order valence-electron chi connectivity index (χ1n) is 6.80. The highest BCUT2D eigenvalue weighted by molar-refractivity contribution is 5.79. The lowest BCUT2D eigenvalue weighted by molar-refractivity contribution is 0.173. The number of nitrogens with zero attached hydrogens (tertiary/aromatic N) is 1. The minimum absolute atomic E-state index is 0.278. The molecule has 0 saturated carbocycles. The summed E-state index contributed by atoms with van der Waals surface area (Å²) in [5.74, 6) is 3.06. The molecule has 0 radical (unpaired) electrons. The van der Waals surface area contributed by atoms with E-state index in [2.05, 4.69) is 22.5 Å². The summed E-state index contributed by atoms with van der Waals surface area (Å²) in [6.45, 7) is 4.52. The van der Waals surface area contributed by atoms with Crippen LogP contribution in [0.3, 0.4) is 0 Å². The summed E-state index contributed by atoms with van der Waals surface area (Å²) < 4.78 is 16.2. The van der Waals surface area contributed by atoms with Crippen molar-refractivity contribution in [3.63, 3.8) is 0 Å². The number of hydrogen-bond donors (Lipinski definition) is 2. The summed E-state index contributed by atoms with van der Waals surface area (Å²) >= 11 is 0. The van der Waals surface area contributed by atoms with Crippen LogP contribution in [0.4, 0.5) is 0 Å². The predicted octanol–water partition coefficient (Wildman–Crippen LogP) is 1.37. The maximum Gasteiger partial charge on any atom is 0.231 e. The van der Waals surface area contributed by atoms with E-state index in [-0.39, 0.29) is 6.79 Å². The number of guanidine groups is 1. The Balaban J connectivity index is 1.70. The van der Waals surface area contributed by atoms with E-state index in [1.807, 2.05) is 18.2 Å². The van der Waals surface area contributed by atoms with Crippen molar-refractivity contribution in [1.29, 1.82) is 0 Å². The number of rotatable bonds is 6. The highest BCUT2D eigenvalue weighted by Gasteiger charge is 2.13. The molecule has 6 nitrogen and oxygen atoms in total. The molecule has 6 heteroatoms. The third kappa shape index (κ3) is 3.94. The molecular formula is C14H21N3O3. The molecule has 110 valence electrons.